The van der Waals surface area contributed by atoms with Gasteiger partial charge in [-0.25, -0.2) is 4.98 Å². The molecule has 2 aromatic heterocycles. The molecule has 9 heteroatoms. The standard InChI is InChI=1S/C23H19N3O5S/c1-29-16-8-9-19(30-2)17(12-16)18-13-32-23(25-18)26-21(27)14-5-3-6-15(11-14)24-22(28)20-7-4-10-31-20/h3-13H,1-2H3,(H,24,28)(H,25,26,27). The maximum absolute atomic E-state index is 12.7. The van der Waals surface area contributed by atoms with Crippen LogP contribution >= 0.6 is 11.3 Å². The molecule has 162 valence electrons. The van der Waals surface area contributed by atoms with Crippen LogP contribution in [0.5, 0.6) is 11.5 Å². The molecule has 0 radical (unpaired) electrons. The number of rotatable bonds is 7. The van der Waals surface area contributed by atoms with Gasteiger partial charge in [-0.2, -0.15) is 0 Å². The molecule has 0 aliphatic heterocycles. The molecule has 4 rings (SSSR count). The van der Waals surface area contributed by atoms with Crippen molar-refractivity contribution in [2.75, 3.05) is 24.9 Å². The zero-order valence-corrected chi connectivity index (χ0v) is 18.1. The number of amides is 2. The van der Waals surface area contributed by atoms with E-state index in [1.165, 1.54) is 17.6 Å². The summed E-state index contributed by atoms with van der Waals surface area (Å²) in [6, 6.07) is 15.2. The van der Waals surface area contributed by atoms with E-state index >= 15 is 0 Å². The lowest BCUT2D eigenvalue weighted by Gasteiger charge is -2.08. The average molecular weight is 449 g/mol. The van der Waals surface area contributed by atoms with Crippen molar-refractivity contribution in [3.05, 3.63) is 77.6 Å². The summed E-state index contributed by atoms with van der Waals surface area (Å²) in [5.41, 5.74) is 2.25. The van der Waals surface area contributed by atoms with E-state index in [4.69, 9.17) is 13.9 Å². The van der Waals surface area contributed by atoms with Crippen LogP contribution in [-0.4, -0.2) is 31.0 Å². The van der Waals surface area contributed by atoms with E-state index in [-0.39, 0.29) is 11.7 Å². The van der Waals surface area contributed by atoms with Crippen LogP contribution in [0, 0.1) is 0 Å². The van der Waals surface area contributed by atoms with Crippen molar-refractivity contribution < 1.29 is 23.5 Å². The van der Waals surface area contributed by atoms with E-state index < -0.39 is 5.91 Å². The summed E-state index contributed by atoms with van der Waals surface area (Å²) >= 11 is 1.29. The van der Waals surface area contributed by atoms with E-state index in [2.05, 4.69) is 15.6 Å². The second kappa shape index (κ2) is 9.36. The quantitative estimate of drug-likeness (QED) is 0.415. The van der Waals surface area contributed by atoms with Crippen molar-refractivity contribution in [1.82, 2.24) is 4.98 Å². The summed E-state index contributed by atoms with van der Waals surface area (Å²) in [6.07, 6.45) is 1.42. The Hall–Kier alpha value is -4.11. The number of methoxy groups -OCH3 is 2. The molecule has 4 aromatic rings. The fourth-order valence-electron chi connectivity index (χ4n) is 2.98. The molecule has 2 heterocycles. The summed E-state index contributed by atoms with van der Waals surface area (Å²) in [4.78, 5) is 29.4. The lowest BCUT2D eigenvalue weighted by atomic mass is 10.1. The Bertz CT molecular complexity index is 1250. The van der Waals surface area contributed by atoms with Gasteiger partial charge in [0, 0.05) is 22.2 Å². The first-order valence-electron chi connectivity index (χ1n) is 9.51. The summed E-state index contributed by atoms with van der Waals surface area (Å²) < 4.78 is 15.8. The number of ether oxygens (including phenoxy) is 2. The monoisotopic (exact) mass is 449 g/mol. The number of thiazole rings is 1. The molecule has 2 amide bonds. The van der Waals surface area contributed by atoms with Gasteiger partial charge < -0.3 is 19.2 Å². The maximum atomic E-state index is 12.7. The summed E-state index contributed by atoms with van der Waals surface area (Å²) in [5.74, 6) is 0.756. The highest BCUT2D eigenvalue weighted by molar-refractivity contribution is 7.14. The molecule has 2 N–H and O–H groups in total. The number of carbonyl (C=O) groups excluding carboxylic acids is 2. The first-order chi connectivity index (χ1) is 15.6. The molecule has 0 unspecified atom stereocenters. The van der Waals surface area contributed by atoms with E-state index in [0.29, 0.717) is 33.6 Å². The Balaban J connectivity index is 1.49. The first-order valence-corrected chi connectivity index (χ1v) is 10.4. The molecule has 0 fully saturated rings. The normalized spacial score (nSPS) is 10.4. The Labute approximate surface area is 187 Å². The van der Waals surface area contributed by atoms with Crippen LogP contribution in [0.3, 0.4) is 0 Å². The van der Waals surface area contributed by atoms with Gasteiger partial charge in [-0.05, 0) is 48.5 Å². The van der Waals surface area contributed by atoms with E-state index in [1.807, 2.05) is 11.4 Å². The highest BCUT2D eigenvalue weighted by Gasteiger charge is 2.15. The summed E-state index contributed by atoms with van der Waals surface area (Å²) in [7, 11) is 3.17. The zero-order valence-electron chi connectivity index (χ0n) is 17.2. The SMILES string of the molecule is COc1ccc(OC)c(-c2csc(NC(=O)c3cccc(NC(=O)c4ccco4)c3)n2)c1. The highest BCUT2D eigenvalue weighted by atomic mass is 32.1. The van der Waals surface area contributed by atoms with Gasteiger partial charge in [0.25, 0.3) is 11.8 Å². The van der Waals surface area contributed by atoms with Crippen molar-refractivity contribution in [3.8, 4) is 22.8 Å². The molecule has 0 aliphatic carbocycles. The summed E-state index contributed by atoms with van der Waals surface area (Å²) in [5, 5.41) is 7.75. The third-order valence-electron chi connectivity index (χ3n) is 4.53. The van der Waals surface area contributed by atoms with Crippen LogP contribution in [0.25, 0.3) is 11.3 Å². The van der Waals surface area contributed by atoms with Crippen LogP contribution in [-0.2, 0) is 0 Å². The van der Waals surface area contributed by atoms with Crippen molar-refractivity contribution in [3.63, 3.8) is 0 Å². The largest absolute Gasteiger partial charge is 0.497 e. The van der Waals surface area contributed by atoms with Gasteiger partial charge in [0.05, 0.1) is 26.2 Å². The fourth-order valence-corrected chi connectivity index (χ4v) is 3.68. The highest BCUT2D eigenvalue weighted by Crippen LogP contribution is 2.35. The lowest BCUT2D eigenvalue weighted by Crippen LogP contribution is -2.14. The van der Waals surface area contributed by atoms with Crippen LogP contribution in [0.2, 0.25) is 0 Å². The van der Waals surface area contributed by atoms with E-state index in [9.17, 15) is 9.59 Å². The number of benzene rings is 2. The Morgan fingerprint density at radius 1 is 0.969 bits per heavy atom. The van der Waals surface area contributed by atoms with Crippen LogP contribution in [0.15, 0.2) is 70.7 Å². The average Bonchev–Trinajstić information content (AvgIpc) is 3.51. The molecule has 0 aliphatic rings. The number of aromatic nitrogens is 1. The summed E-state index contributed by atoms with van der Waals surface area (Å²) in [6.45, 7) is 0. The molecular formula is C23H19N3O5S. The van der Waals surface area contributed by atoms with Gasteiger partial charge >= 0.3 is 0 Å². The molecule has 0 saturated carbocycles. The number of hydrogen-bond donors (Lipinski definition) is 2. The fraction of sp³-hybridized carbons (Fsp3) is 0.0870. The van der Waals surface area contributed by atoms with Gasteiger partial charge in [-0.3, -0.25) is 14.9 Å². The number of anilines is 2. The second-order valence-corrected chi connectivity index (χ2v) is 7.43. The number of carbonyl (C=O) groups is 2. The molecule has 8 nitrogen and oxygen atoms in total. The minimum absolute atomic E-state index is 0.183. The number of nitrogens with one attached hydrogen (secondary N) is 2. The van der Waals surface area contributed by atoms with Crippen LogP contribution < -0.4 is 20.1 Å². The maximum Gasteiger partial charge on any atom is 0.291 e. The van der Waals surface area contributed by atoms with Crippen molar-refractivity contribution >= 4 is 34.0 Å². The number of hydrogen-bond acceptors (Lipinski definition) is 7. The Morgan fingerprint density at radius 2 is 1.84 bits per heavy atom. The molecule has 0 atom stereocenters. The zero-order chi connectivity index (χ0) is 22.5. The molecular weight excluding hydrogens is 430 g/mol. The third-order valence-corrected chi connectivity index (χ3v) is 5.29. The van der Waals surface area contributed by atoms with Gasteiger partial charge in [-0.1, -0.05) is 6.07 Å². The van der Waals surface area contributed by atoms with Gasteiger partial charge in [0.15, 0.2) is 10.9 Å². The van der Waals surface area contributed by atoms with E-state index in [0.717, 1.165) is 5.56 Å². The molecule has 0 bridgehead atoms. The molecule has 0 spiro atoms. The molecule has 32 heavy (non-hydrogen) atoms. The topological polar surface area (TPSA) is 103 Å². The van der Waals surface area contributed by atoms with Crippen molar-refractivity contribution in [1.29, 1.82) is 0 Å². The van der Waals surface area contributed by atoms with Gasteiger partial charge in [0.1, 0.15) is 11.5 Å². The van der Waals surface area contributed by atoms with Crippen molar-refractivity contribution in [2.45, 2.75) is 0 Å². The molecule has 2 aromatic carbocycles. The predicted octanol–water partition coefficient (Wildman–Crippen LogP) is 4.92. The number of furan rings is 1. The molecule has 0 saturated heterocycles. The third kappa shape index (κ3) is 4.62. The smallest absolute Gasteiger partial charge is 0.291 e. The minimum Gasteiger partial charge on any atom is -0.497 e. The number of nitrogens with zero attached hydrogens (tertiary/aromatic N) is 1. The van der Waals surface area contributed by atoms with Gasteiger partial charge in [-0.15, -0.1) is 11.3 Å². The Morgan fingerprint density at radius 3 is 2.59 bits per heavy atom. The van der Waals surface area contributed by atoms with Gasteiger partial charge in [0.2, 0.25) is 0 Å². The first kappa shape index (κ1) is 21.1. The van der Waals surface area contributed by atoms with E-state index in [1.54, 1.807) is 62.8 Å². The van der Waals surface area contributed by atoms with Crippen LogP contribution in [0.1, 0.15) is 20.9 Å². The predicted molar refractivity (Wildman–Crippen MR) is 122 cm³/mol. The second-order valence-electron chi connectivity index (χ2n) is 6.57. The Kier molecular flexibility index (Phi) is 6.18. The van der Waals surface area contributed by atoms with Crippen LogP contribution in [0.4, 0.5) is 10.8 Å². The van der Waals surface area contributed by atoms with Crippen molar-refractivity contribution in [2.24, 2.45) is 0 Å². The minimum atomic E-state index is -0.399. The lowest BCUT2D eigenvalue weighted by molar-refractivity contribution is 0.0993.